The number of piperidine rings is 1. The number of nitrogens with zero attached hydrogens (tertiary/aromatic N) is 3. The van der Waals surface area contributed by atoms with E-state index in [4.69, 9.17) is 27.9 Å². The largest absolute Gasteiger partial charge is 0.391 e. The van der Waals surface area contributed by atoms with Gasteiger partial charge in [0, 0.05) is 43.8 Å². The molecule has 2 atom stereocenters. The van der Waals surface area contributed by atoms with E-state index in [0.717, 1.165) is 32.4 Å². The van der Waals surface area contributed by atoms with Crippen LogP contribution in [-0.2, 0) is 9.53 Å². The number of amides is 3. The number of likely N-dealkylation sites (tertiary alicyclic amines) is 1. The molecule has 3 amide bonds. The van der Waals surface area contributed by atoms with Gasteiger partial charge in [-0.1, -0.05) is 23.2 Å². The van der Waals surface area contributed by atoms with Crippen molar-refractivity contribution in [2.24, 2.45) is 10.8 Å². The molecule has 1 aromatic rings. The van der Waals surface area contributed by atoms with Gasteiger partial charge in [0.05, 0.1) is 29.4 Å². The van der Waals surface area contributed by atoms with E-state index < -0.39 is 6.04 Å². The summed E-state index contributed by atoms with van der Waals surface area (Å²) in [6.07, 6.45) is 3.09. The van der Waals surface area contributed by atoms with Crippen LogP contribution in [0.1, 0.15) is 26.2 Å². The van der Waals surface area contributed by atoms with Gasteiger partial charge in [-0.25, -0.2) is 4.79 Å². The van der Waals surface area contributed by atoms with Crippen LogP contribution in [0.2, 0.25) is 10.0 Å². The lowest BCUT2D eigenvalue weighted by atomic mass is 9.82. The van der Waals surface area contributed by atoms with E-state index >= 15 is 0 Å². The zero-order chi connectivity index (χ0) is 24.1. The van der Waals surface area contributed by atoms with Crippen LogP contribution in [0.25, 0.3) is 0 Å². The summed E-state index contributed by atoms with van der Waals surface area (Å²) in [5.74, 6) is -0.0579. The summed E-state index contributed by atoms with van der Waals surface area (Å²) in [5, 5.41) is 14.2. The fourth-order valence-corrected chi connectivity index (χ4v) is 5.90. The van der Waals surface area contributed by atoms with Crippen LogP contribution in [0.15, 0.2) is 18.2 Å². The summed E-state index contributed by atoms with van der Waals surface area (Å²) in [4.78, 5) is 31.8. The minimum atomic E-state index is -0.568. The highest BCUT2D eigenvalue weighted by Crippen LogP contribution is 2.54. The van der Waals surface area contributed by atoms with Gasteiger partial charge in [-0.3, -0.25) is 9.69 Å². The third kappa shape index (κ3) is 4.63. The Morgan fingerprint density at radius 2 is 1.91 bits per heavy atom. The molecule has 1 aliphatic carbocycles. The van der Waals surface area contributed by atoms with Gasteiger partial charge in [-0.15, -0.1) is 0 Å². The maximum Gasteiger partial charge on any atom is 0.322 e. The second kappa shape index (κ2) is 9.13. The molecule has 1 aromatic carbocycles. The van der Waals surface area contributed by atoms with E-state index in [2.05, 4.69) is 10.2 Å². The van der Waals surface area contributed by atoms with Crippen molar-refractivity contribution in [2.45, 2.75) is 38.3 Å². The molecule has 0 aromatic heterocycles. The first-order valence-electron chi connectivity index (χ1n) is 12.0. The second-order valence-corrected chi connectivity index (χ2v) is 11.4. The number of hydrogen-bond acceptors (Lipinski definition) is 5. The predicted octanol–water partition coefficient (Wildman–Crippen LogP) is 2.92. The molecule has 186 valence electrons. The number of carbonyl (C=O) groups excluding carboxylic acids is 2. The molecule has 1 saturated carbocycles. The standard InChI is InChI=1S/C24H32Cl2N4O4/c1-16-21(32)29(8-9-30(16)22(33)27-17-2-3-18(25)19(26)10-17)13-23(14-34-15-23)12-28-7-6-24(4-5-24)20(31)11-28/h2-3,10,16,20,31H,4-9,11-15H2,1H3,(H,27,33)/t16-,20+/m0/s1. The number of aliphatic hydroxyl groups excluding tert-OH is 1. The van der Waals surface area contributed by atoms with Crippen molar-refractivity contribution in [3.05, 3.63) is 28.2 Å². The van der Waals surface area contributed by atoms with Gasteiger partial charge in [0.2, 0.25) is 5.91 Å². The molecule has 4 aliphatic rings. The molecule has 1 spiro atoms. The first-order chi connectivity index (χ1) is 16.2. The number of nitrogens with one attached hydrogen (secondary N) is 1. The average molecular weight is 511 g/mol. The summed E-state index contributed by atoms with van der Waals surface area (Å²) in [5.41, 5.74) is 0.594. The summed E-state index contributed by atoms with van der Waals surface area (Å²) in [7, 11) is 0. The summed E-state index contributed by atoms with van der Waals surface area (Å²) < 4.78 is 5.59. The lowest BCUT2D eigenvalue weighted by Gasteiger charge is -2.50. The Balaban J connectivity index is 1.17. The molecule has 2 N–H and O–H groups in total. The van der Waals surface area contributed by atoms with Crippen LogP contribution in [0, 0.1) is 10.8 Å². The first-order valence-corrected chi connectivity index (χ1v) is 12.8. The van der Waals surface area contributed by atoms with E-state index in [-0.39, 0.29) is 28.9 Å². The number of aliphatic hydroxyl groups is 1. The van der Waals surface area contributed by atoms with Crippen molar-refractivity contribution in [3.8, 4) is 0 Å². The zero-order valence-electron chi connectivity index (χ0n) is 19.4. The number of halogens is 2. The van der Waals surface area contributed by atoms with Crippen LogP contribution in [0.4, 0.5) is 10.5 Å². The molecule has 4 fully saturated rings. The average Bonchev–Trinajstić information content (AvgIpc) is 3.56. The number of ether oxygens (including phenoxy) is 1. The van der Waals surface area contributed by atoms with Crippen LogP contribution in [0.5, 0.6) is 0 Å². The Kier molecular flexibility index (Phi) is 6.48. The van der Waals surface area contributed by atoms with Gasteiger partial charge in [0.25, 0.3) is 0 Å². The Morgan fingerprint density at radius 3 is 2.53 bits per heavy atom. The molecule has 3 aliphatic heterocycles. The molecule has 0 bridgehead atoms. The Morgan fingerprint density at radius 1 is 1.15 bits per heavy atom. The van der Waals surface area contributed by atoms with Crippen LogP contribution < -0.4 is 5.32 Å². The van der Waals surface area contributed by atoms with Gasteiger partial charge in [0.1, 0.15) is 6.04 Å². The van der Waals surface area contributed by atoms with E-state index in [1.165, 1.54) is 0 Å². The van der Waals surface area contributed by atoms with Crippen LogP contribution in [-0.4, -0.2) is 96.4 Å². The van der Waals surface area contributed by atoms with Crippen molar-refractivity contribution in [1.29, 1.82) is 0 Å². The van der Waals surface area contributed by atoms with Crippen LogP contribution >= 0.6 is 23.2 Å². The SMILES string of the molecule is C[C@H]1C(=O)N(CC2(CN3CCC4(CC4)[C@H](O)C3)COC2)CCN1C(=O)Nc1ccc(Cl)c(Cl)c1. The van der Waals surface area contributed by atoms with Crippen molar-refractivity contribution in [3.63, 3.8) is 0 Å². The van der Waals surface area contributed by atoms with E-state index in [1.807, 2.05) is 4.90 Å². The highest BCUT2D eigenvalue weighted by molar-refractivity contribution is 6.42. The van der Waals surface area contributed by atoms with Gasteiger partial charge in [-0.05, 0) is 56.3 Å². The lowest BCUT2D eigenvalue weighted by Crippen LogP contribution is -2.64. The van der Waals surface area contributed by atoms with Crippen molar-refractivity contribution in [1.82, 2.24) is 14.7 Å². The minimum Gasteiger partial charge on any atom is -0.391 e. The molecule has 5 rings (SSSR count). The fraction of sp³-hybridized carbons (Fsp3) is 0.667. The van der Waals surface area contributed by atoms with E-state index in [9.17, 15) is 14.7 Å². The molecule has 8 nitrogen and oxygen atoms in total. The summed E-state index contributed by atoms with van der Waals surface area (Å²) in [6, 6.07) is 3.99. The molecule has 10 heteroatoms. The predicted molar refractivity (Wildman–Crippen MR) is 130 cm³/mol. The Hall–Kier alpha value is -1.58. The highest BCUT2D eigenvalue weighted by atomic mass is 35.5. The maximum absolute atomic E-state index is 13.2. The number of benzene rings is 1. The van der Waals surface area contributed by atoms with Gasteiger partial charge >= 0.3 is 6.03 Å². The molecular weight excluding hydrogens is 479 g/mol. The third-order valence-corrected chi connectivity index (χ3v) is 8.78. The van der Waals surface area contributed by atoms with Gasteiger partial charge in [-0.2, -0.15) is 0 Å². The molecular formula is C24H32Cl2N4O4. The maximum atomic E-state index is 13.2. The number of anilines is 1. The number of urea groups is 1. The van der Waals surface area contributed by atoms with E-state index in [0.29, 0.717) is 55.1 Å². The van der Waals surface area contributed by atoms with E-state index in [1.54, 1.807) is 30.0 Å². The normalized spacial score (nSPS) is 28.1. The van der Waals surface area contributed by atoms with Crippen molar-refractivity contribution in [2.75, 3.05) is 57.8 Å². The number of hydrogen-bond donors (Lipinski definition) is 2. The van der Waals surface area contributed by atoms with Gasteiger partial charge < -0.3 is 25.0 Å². The first kappa shape index (κ1) is 24.1. The lowest BCUT2D eigenvalue weighted by molar-refractivity contribution is -0.162. The fourth-order valence-electron chi connectivity index (χ4n) is 5.60. The smallest absolute Gasteiger partial charge is 0.322 e. The number of carbonyl (C=O) groups is 2. The van der Waals surface area contributed by atoms with Crippen molar-refractivity contribution < 1.29 is 19.4 Å². The zero-order valence-corrected chi connectivity index (χ0v) is 20.9. The minimum absolute atomic E-state index is 0.0579. The van der Waals surface area contributed by atoms with Crippen LogP contribution in [0.3, 0.4) is 0 Å². The topological polar surface area (TPSA) is 85.4 Å². The number of β-amino-alcohol motifs (C(OH)–C–C–N with tert-alkyl or cyclic N) is 1. The molecule has 34 heavy (non-hydrogen) atoms. The number of rotatable bonds is 5. The monoisotopic (exact) mass is 510 g/mol. The Bertz CT molecular complexity index is 968. The Labute approximate surface area is 210 Å². The number of piperazine rings is 1. The van der Waals surface area contributed by atoms with Gasteiger partial charge in [0.15, 0.2) is 0 Å². The second-order valence-electron chi connectivity index (χ2n) is 10.5. The third-order valence-electron chi connectivity index (χ3n) is 8.04. The quantitative estimate of drug-likeness (QED) is 0.635. The van der Waals surface area contributed by atoms with Crippen molar-refractivity contribution >= 4 is 40.8 Å². The molecule has 3 heterocycles. The highest BCUT2D eigenvalue weighted by Gasteiger charge is 2.53. The molecule has 0 unspecified atom stereocenters. The summed E-state index contributed by atoms with van der Waals surface area (Å²) in [6.45, 7) is 7.04. The molecule has 3 saturated heterocycles. The molecule has 0 radical (unpaired) electrons. The summed E-state index contributed by atoms with van der Waals surface area (Å²) >= 11 is 12.0.